The van der Waals surface area contributed by atoms with E-state index in [2.05, 4.69) is 36.4 Å². The first-order valence-electron chi connectivity index (χ1n) is 11.0. The maximum Gasteiger partial charge on any atom is 0.337 e. The number of anilines is 1. The van der Waals surface area contributed by atoms with Crippen LogP contribution in [0.25, 0.3) is 22.0 Å². The smallest absolute Gasteiger partial charge is 0.337 e. The molecular weight excluding hydrogens is 424 g/mol. The van der Waals surface area contributed by atoms with Crippen LogP contribution in [0, 0.1) is 13.8 Å². The Morgan fingerprint density at radius 1 is 1.22 bits per heavy atom. The number of ether oxygens (including phenoxy) is 1. The predicted octanol–water partition coefficient (Wildman–Crippen LogP) is 6.53. The van der Waals surface area contributed by atoms with Gasteiger partial charge in [-0.25, -0.2) is 4.79 Å². The molecule has 0 saturated carbocycles. The van der Waals surface area contributed by atoms with E-state index < -0.39 is 17.7 Å². The number of rotatable bonds is 4. The van der Waals surface area contributed by atoms with Crippen LogP contribution in [0.1, 0.15) is 56.7 Å². The number of hydrogen-bond acceptors (Lipinski definition) is 3. The van der Waals surface area contributed by atoms with Crippen molar-refractivity contribution in [1.82, 2.24) is 4.57 Å². The van der Waals surface area contributed by atoms with Crippen LogP contribution in [0.5, 0.6) is 0 Å². The van der Waals surface area contributed by atoms with Crippen molar-refractivity contribution in [3.05, 3.63) is 52.2 Å². The first-order valence-corrected chi connectivity index (χ1v) is 11.3. The fourth-order valence-electron chi connectivity index (χ4n) is 5.17. The SMILES string of the molecule is Cc1c([C@H](OC(C)(C)C)C(=O)O)c(-c2ccc(Cl)cc2)c2cc(C)n3c2c1N(C)CC3C. The molecular formula is C26H31ClN2O3. The number of halogens is 1. The molecule has 0 aliphatic carbocycles. The summed E-state index contributed by atoms with van der Waals surface area (Å²) in [5, 5.41) is 12.0. The fraction of sp³-hybridized carbons (Fsp3) is 0.423. The van der Waals surface area contributed by atoms with Gasteiger partial charge in [0.05, 0.1) is 16.8 Å². The fourth-order valence-corrected chi connectivity index (χ4v) is 5.29. The minimum Gasteiger partial charge on any atom is -0.479 e. The number of carboxylic acid groups (broad SMARTS) is 1. The number of aromatic nitrogens is 1. The number of aryl methyl sites for hydroxylation is 1. The quantitative estimate of drug-likeness (QED) is 0.486. The van der Waals surface area contributed by atoms with E-state index in [9.17, 15) is 9.90 Å². The van der Waals surface area contributed by atoms with Crippen LogP contribution in [0.3, 0.4) is 0 Å². The van der Waals surface area contributed by atoms with Crippen LogP contribution in [0.4, 0.5) is 5.69 Å². The zero-order chi connectivity index (χ0) is 23.5. The van der Waals surface area contributed by atoms with Crippen molar-refractivity contribution in [3.8, 4) is 11.1 Å². The van der Waals surface area contributed by atoms with Gasteiger partial charge in [0.25, 0.3) is 0 Å². The Kier molecular flexibility index (Phi) is 5.54. The summed E-state index contributed by atoms with van der Waals surface area (Å²) in [7, 11) is 2.08. The predicted molar refractivity (Wildman–Crippen MR) is 131 cm³/mol. The summed E-state index contributed by atoms with van der Waals surface area (Å²) in [5.74, 6) is -0.993. The number of likely N-dealkylation sites (N-methyl/N-ethyl adjacent to an activating group) is 1. The molecule has 0 amide bonds. The third-order valence-corrected chi connectivity index (χ3v) is 6.45. The molecule has 1 aromatic heterocycles. The van der Waals surface area contributed by atoms with E-state index in [0.29, 0.717) is 16.6 Å². The van der Waals surface area contributed by atoms with E-state index in [-0.39, 0.29) is 0 Å². The van der Waals surface area contributed by atoms with Gasteiger partial charge in [-0.05, 0) is 76.4 Å². The molecule has 3 aromatic rings. The highest BCUT2D eigenvalue weighted by Crippen LogP contribution is 2.48. The number of benzene rings is 2. The molecule has 0 saturated heterocycles. The maximum absolute atomic E-state index is 12.6. The van der Waals surface area contributed by atoms with Gasteiger partial charge in [0.2, 0.25) is 0 Å². The molecule has 1 aliphatic rings. The normalized spacial score (nSPS) is 17.1. The lowest BCUT2D eigenvalue weighted by Gasteiger charge is -2.36. The van der Waals surface area contributed by atoms with Crippen molar-refractivity contribution in [1.29, 1.82) is 0 Å². The topological polar surface area (TPSA) is 54.7 Å². The van der Waals surface area contributed by atoms with E-state index in [1.54, 1.807) is 0 Å². The van der Waals surface area contributed by atoms with Gasteiger partial charge in [-0.1, -0.05) is 23.7 Å². The number of carboxylic acids is 1. The molecule has 5 nitrogen and oxygen atoms in total. The standard InChI is InChI=1S/C26H31ClN2O3/c1-14-12-19-21(17-8-10-18(27)11-9-17)20(24(25(30)31)32-26(4,5)6)16(3)22-23(19)29(14)15(2)13-28(22)7/h8-12,15,24H,13H2,1-7H3,(H,30,31)/t15?,24-/m0/s1. The summed E-state index contributed by atoms with van der Waals surface area (Å²) < 4.78 is 8.54. The van der Waals surface area contributed by atoms with E-state index in [0.717, 1.165) is 45.5 Å². The molecule has 1 N–H and O–H groups in total. The lowest BCUT2D eigenvalue weighted by atomic mass is 9.87. The summed E-state index contributed by atoms with van der Waals surface area (Å²) in [5.41, 5.74) is 6.24. The molecule has 0 fully saturated rings. The Bertz CT molecular complexity index is 1210. The van der Waals surface area contributed by atoms with Gasteiger partial charge in [0.1, 0.15) is 0 Å². The van der Waals surface area contributed by atoms with Gasteiger partial charge in [-0.3, -0.25) is 0 Å². The molecule has 2 aromatic carbocycles. The minimum atomic E-state index is -1.10. The second-order valence-electron chi connectivity index (χ2n) is 9.87. The first-order chi connectivity index (χ1) is 14.9. The number of aliphatic carboxylic acids is 1. The molecule has 4 rings (SSSR count). The molecule has 2 atom stereocenters. The summed E-state index contributed by atoms with van der Waals surface area (Å²) in [6.45, 7) is 12.9. The van der Waals surface area contributed by atoms with Gasteiger partial charge < -0.3 is 19.3 Å². The van der Waals surface area contributed by atoms with E-state index in [4.69, 9.17) is 16.3 Å². The first kappa shape index (κ1) is 22.7. The molecule has 0 bridgehead atoms. The molecule has 2 heterocycles. The molecule has 0 radical (unpaired) electrons. The Morgan fingerprint density at radius 3 is 2.41 bits per heavy atom. The second-order valence-corrected chi connectivity index (χ2v) is 10.3. The van der Waals surface area contributed by atoms with E-state index >= 15 is 0 Å². The van der Waals surface area contributed by atoms with Gasteiger partial charge in [0, 0.05) is 41.3 Å². The lowest BCUT2D eigenvalue weighted by Crippen LogP contribution is -2.33. The summed E-state index contributed by atoms with van der Waals surface area (Å²) >= 11 is 6.18. The Morgan fingerprint density at radius 2 is 1.84 bits per heavy atom. The highest BCUT2D eigenvalue weighted by Gasteiger charge is 2.36. The van der Waals surface area contributed by atoms with Crippen molar-refractivity contribution in [2.24, 2.45) is 0 Å². The van der Waals surface area contributed by atoms with E-state index in [1.807, 2.05) is 52.0 Å². The van der Waals surface area contributed by atoms with Gasteiger partial charge in [-0.15, -0.1) is 0 Å². The van der Waals surface area contributed by atoms with Crippen molar-refractivity contribution < 1.29 is 14.6 Å². The van der Waals surface area contributed by atoms with Crippen molar-refractivity contribution in [3.63, 3.8) is 0 Å². The summed E-state index contributed by atoms with van der Waals surface area (Å²) in [6, 6.07) is 10.1. The van der Waals surface area contributed by atoms with Crippen LogP contribution < -0.4 is 4.90 Å². The van der Waals surface area contributed by atoms with Crippen LogP contribution in [-0.4, -0.2) is 34.8 Å². The molecule has 1 unspecified atom stereocenters. The zero-order valence-electron chi connectivity index (χ0n) is 19.8. The summed E-state index contributed by atoms with van der Waals surface area (Å²) in [6.07, 6.45) is -1.10. The zero-order valence-corrected chi connectivity index (χ0v) is 20.5. The van der Waals surface area contributed by atoms with Crippen LogP contribution >= 0.6 is 11.6 Å². The summed E-state index contributed by atoms with van der Waals surface area (Å²) in [4.78, 5) is 14.8. The van der Waals surface area contributed by atoms with Gasteiger partial charge in [0.15, 0.2) is 6.10 Å². The monoisotopic (exact) mass is 454 g/mol. The van der Waals surface area contributed by atoms with Gasteiger partial charge >= 0.3 is 5.97 Å². The number of hydrogen-bond donors (Lipinski definition) is 1. The molecule has 32 heavy (non-hydrogen) atoms. The van der Waals surface area contributed by atoms with Gasteiger partial charge in [-0.2, -0.15) is 0 Å². The van der Waals surface area contributed by atoms with Crippen molar-refractivity contribution in [2.75, 3.05) is 18.5 Å². The Labute approximate surface area is 194 Å². The number of carbonyl (C=O) groups is 1. The van der Waals surface area contributed by atoms with Crippen LogP contribution in [-0.2, 0) is 9.53 Å². The largest absolute Gasteiger partial charge is 0.479 e. The Balaban J connectivity index is 2.18. The molecule has 170 valence electrons. The lowest BCUT2D eigenvalue weighted by molar-refractivity contribution is -0.160. The average molecular weight is 455 g/mol. The highest BCUT2D eigenvalue weighted by molar-refractivity contribution is 6.30. The van der Waals surface area contributed by atoms with Crippen molar-refractivity contribution in [2.45, 2.75) is 59.3 Å². The average Bonchev–Trinajstić information content (AvgIpc) is 3.01. The molecule has 0 spiro atoms. The third kappa shape index (κ3) is 3.67. The molecule has 6 heteroatoms. The Hall–Kier alpha value is -2.50. The van der Waals surface area contributed by atoms with Crippen molar-refractivity contribution >= 4 is 34.2 Å². The minimum absolute atomic E-state index is 0.314. The highest BCUT2D eigenvalue weighted by atomic mass is 35.5. The maximum atomic E-state index is 12.6. The second kappa shape index (κ2) is 7.82. The van der Waals surface area contributed by atoms with E-state index in [1.165, 1.54) is 0 Å². The van der Waals surface area contributed by atoms with Crippen LogP contribution in [0.15, 0.2) is 30.3 Å². The molecule has 1 aliphatic heterocycles. The number of nitrogens with zero attached hydrogens (tertiary/aromatic N) is 2. The van der Waals surface area contributed by atoms with Crippen LogP contribution in [0.2, 0.25) is 5.02 Å². The third-order valence-electron chi connectivity index (χ3n) is 6.20.